The fourth-order valence-electron chi connectivity index (χ4n) is 1.55. The van der Waals surface area contributed by atoms with E-state index in [4.69, 9.17) is 4.42 Å². The maximum Gasteiger partial charge on any atom is 0.246 e. The second-order valence-corrected chi connectivity index (χ2v) is 4.25. The molecule has 0 unspecified atom stereocenters. The SMILES string of the molecule is CN(C)C(=O)C=Cc1ccc(-c2ccccc2F)o1. The maximum atomic E-state index is 13.6. The fraction of sp³-hybridized carbons (Fsp3) is 0.133. The standard InChI is InChI=1S/C15H14FNO2/c1-17(2)15(18)10-8-11-7-9-14(19-11)12-5-3-4-6-13(12)16/h3-10H,1-2H3. The number of carbonyl (C=O) groups is 1. The molecule has 0 radical (unpaired) electrons. The number of carbonyl (C=O) groups excluding carboxylic acids is 1. The molecule has 0 spiro atoms. The van der Waals surface area contributed by atoms with E-state index in [-0.39, 0.29) is 11.7 Å². The third kappa shape index (κ3) is 3.10. The van der Waals surface area contributed by atoms with Crippen molar-refractivity contribution in [1.82, 2.24) is 4.90 Å². The number of hydrogen-bond acceptors (Lipinski definition) is 2. The molecule has 0 saturated heterocycles. The Hall–Kier alpha value is -2.36. The Morgan fingerprint density at radius 2 is 1.95 bits per heavy atom. The quantitative estimate of drug-likeness (QED) is 0.793. The van der Waals surface area contributed by atoms with Crippen molar-refractivity contribution in [3.63, 3.8) is 0 Å². The van der Waals surface area contributed by atoms with Crippen LogP contribution in [0.5, 0.6) is 0 Å². The summed E-state index contributed by atoms with van der Waals surface area (Å²) in [6, 6.07) is 9.76. The van der Waals surface area contributed by atoms with E-state index in [1.54, 1.807) is 50.5 Å². The highest BCUT2D eigenvalue weighted by Crippen LogP contribution is 2.25. The van der Waals surface area contributed by atoms with Crippen LogP contribution in [0.15, 0.2) is 46.9 Å². The van der Waals surface area contributed by atoms with E-state index >= 15 is 0 Å². The molecular weight excluding hydrogens is 245 g/mol. The van der Waals surface area contributed by atoms with Crippen molar-refractivity contribution < 1.29 is 13.6 Å². The zero-order valence-corrected chi connectivity index (χ0v) is 10.8. The van der Waals surface area contributed by atoms with E-state index in [0.29, 0.717) is 17.1 Å². The minimum Gasteiger partial charge on any atom is -0.457 e. The Kier molecular flexibility index (Phi) is 3.80. The molecule has 3 nitrogen and oxygen atoms in total. The molecule has 2 aromatic rings. The van der Waals surface area contributed by atoms with Gasteiger partial charge in [0.05, 0.1) is 5.56 Å². The van der Waals surface area contributed by atoms with Crippen LogP contribution < -0.4 is 0 Å². The molecule has 0 aliphatic heterocycles. The molecule has 0 N–H and O–H groups in total. The Balaban J connectivity index is 2.21. The average Bonchev–Trinajstić information content (AvgIpc) is 2.85. The first kappa shape index (κ1) is 13.1. The third-order valence-corrected chi connectivity index (χ3v) is 2.60. The van der Waals surface area contributed by atoms with Gasteiger partial charge in [-0.25, -0.2) is 4.39 Å². The van der Waals surface area contributed by atoms with Crippen LogP contribution in [0.3, 0.4) is 0 Å². The number of hydrogen-bond donors (Lipinski definition) is 0. The Bertz CT molecular complexity index is 614. The van der Waals surface area contributed by atoms with E-state index in [1.165, 1.54) is 17.0 Å². The van der Waals surface area contributed by atoms with Crippen LogP contribution >= 0.6 is 0 Å². The van der Waals surface area contributed by atoms with Crippen LogP contribution in [0.1, 0.15) is 5.76 Å². The van der Waals surface area contributed by atoms with E-state index in [2.05, 4.69) is 0 Å². The molecular formula is C15H14FNO2. The lowest BCUT2D eigenvalue weighted by atomic mass is 10.1. The van der Waals surface area contributed by atoms with Crippen molar-refractivity contribution in [2.75, 3.05) is 14.1 Å². The van der Waals surface area contributed by atoms with Gasteiger partial charge in [-0.05, 0) is 30.3 Å². The van der Waals surface area contributed by atoms with Crippen molar-refractivity contribution in [2.24, 2.45) is 0 Å². The smallest absolute Gasteiger partial charge is 0.246 e. The molecule has 1 aromatic carbocycles. The number of nitrogens with zero attached hydrogens (tertiary/aromatic N) is 1. The van der Waals surface area contributed by atoms with E-state index in [1.807, 2.05) is 0 Å². The van der Waals surface area contributed by atoms with Crippen LogP contribution in [0.4, 0.5) is 4.39 Å². The van der Waals surface area contributed by atoms with Crippen molar-refractivity contribution in [2.45, 2.75) is 0 Å². The fourth-order valence-corrected chi connectivity index (χ4v) is 1.55. The van der Waals surface area contributed by atoms with Gasteiger partial charge in [0.2, 0.25) is 5.91 Å². The molecule has 98 valence electrons. The zero-order valence-electron chi connectivity index (χ0n) is 10.8. The largest absolute Gasteiger partial charge is 0.457 e. The van der Waals surface area contributed by atoms with Gasteiger partial charge in [-0.3, -0.25) is 4.79 Å². The van der Waals surface area contributed by atoms with Crippen molar-refractivity contribution in [3.05, 3.63) is 54.1 Å². The summed E-state index contributed by atoms with van der Waals surface area (Å²) >= 11 is 0. The Labute approximate surface area is 111 Å². The first-order valence-corrected chi connectivity index (χ1v) is 5.82. The highest BCUT2D eigenvalue weighted by Gasteiger charge is 2.08. The van der Waals surface area contributed by atoms with Gasteiger partial charge in [-0.1, -0.05) is 12.1 Å². The van der Waals surface area contributed by atoms with Gasteiger partial charge in [0.25, 0.3) is 0 Å². The lowest BCUT2D eigenvalue weighted by Crippen LogP contribution is -2.18. The summed E-state index contributed by atoms with van der Waals surface area (Å²) in [5, 5.41) is 0. The second-order valence-electron chi connectivity index (χ2n) is 4.25. The average molecular weight is 259 g/mol. The normalized spacial score (nSPS) is 10.9. The molecule has 0 saturated carbocycles. The number of rotatable bonds is 3. The van der Waals surface area contributed by atoms with Crippen LogP contribution in [-0.4, -0.2) is 24.9 Å². The molecule has 19 heavy (non-hydrogen) atoms. The molecule has 1 aromatic heterocycles. The van der Waals surface area contributed by atoms with Gasteiger partial charge in [-0.15, -0.1) is 0 Å². The summed E-state index contributed by atoms with van der Waals surface area (Å²) in [5.74, 6) is 0.476. The third-order valence-electron chi connectivity index (χ3n) is 2.60. The van der Waals surface area contributed by atoms with Gasteiger partial charge in [0.1, 0.15) is 17.3 Å². The number of furan rings is 1. The zero-order chi connectivity index (χ0) is 13.8. The summed E-state index contributed by atoms with van der Waals surface area (Å²) in [5.41, 5.74) is 0.404. The molecule has 4 heteroatoms. The first-order valence-electron chi connectivity index (χ1n) is 5.82. The highest BCUT2D eigenvalue weighted by atomic mass is 19.1. The minimum absolute atomic E-state index is 0.135. The van der Waals surface area contributed by atoms with Gasteiger partial charge in [0, 0.05) is 20.2 Å². The van der Waals surface area contributed by atoms with Crippen LogP contribution in [0, 0.1) is 5.82 Å². The van der Waals surface area contributed by atoms with Gasteiger partial charge >= 0.3 is 0 Å². The van der Waals surface area contributed by atoms with Crippen molar-refractivity contribution in [1.29, 1.82) is 0 Å². The Morgan fingerprint density at radius 1 is 1.21 bits per heavy atom. The summed E-state index contributed by atoms with van der Waals surface area (Å²) in [6.07, 6.45) is 2.97. The number of halogens is 1. The highest BCUT2D eigenvalue weighted by molar-refractivity contribution is 5.91. The summed E-state index contributed by atoms with van der Waals surface area (Å²) in [4.78, 5) is 12.8. The summed E-state index contributed by atoms with van der Waals surface area (Å²) in [7, 11) is 3.33. The second kappa shape index (κ2) is 5.52. The molecule has 0 aliphatic carbocycles. The van der Waals surface area contributed by atoms with Crippen molar-refractivity contribution in [3.8, 4) is 11.3 Å². The summed E-state index contributed by atoms with van der Waals surface area (Å²) in [6.45, 7) is 0. The van der Waals surface area contributed by atoms with E-state index < -0.39 is 0 Å². The van der Waals surface area contributed by atoms with Crippen molar-refractivity contribution >= 4 is 12.0 Å². The van der Waals surface area contributed by atoms with Crippen LogP contribution in [0.25, 0.3) is 17.4 Å². The number of likely N-dealkylation sites (N-methyl/N-ethyl adjacent to an activating group) is 1. The Morgan fingerprint density at radius 3 is 2.63 bits per heavy atom. The molecule has 0 fully saturated rings. The molecule has 0 atom stereocenters. The van der Waals surface area contributed by atoms with E-state index in [9.17, 15) is 9.18 Å². The number of benzene rings is 1. The van der Waals surface area contributed by atoms with Gasteiger partial charge in [0.15, 0.2) is 0 Å². The lowest BCUT2D eigenvalue weighted by molar-refractivity contribution is -0.123. The predicted molar refractivity (Wildman–Crippen MR) is 71.8 cm³/mol. The van der Waals surface area contributed by atoms with Gasteiger partial charge < -0.3 is 9.32 Å². The van der Waals surface area contributed by atoms with E-state index in [0.717, 1.165) is 0 Å². The summed E-state index contributed by atoms with van der Waals surface area (Å²) < 4.78 is 19.0. The van der Waals surface area contributed by atoms with Crippen LogP contribution in [0.2, 0.25) is 0 Å². The van der Waals surface area contributed by atoms with Gasteiger partial charge in [-0.2, -0.15) is 0 Å². The topological polar surface area (TPSA) is 33.5 Å². The maximum absolute atomic E-state index is 13.6. The minimum atomic E-state index is -0.336. The molecule has 0 aliphatic rings. The number of amides is 1. The lowest BCUT2D eigenvalue weighted by Gasteiger charge is -2.04. The van der Waals surface area contributed by atoms with Crippen LogP contribution in [-0.2, 0) is 4.79 Å². The molecule has 1 heterocycles. The monoisotopic (exact) mass is 259 g/mol. The first-order chi connectivity index (χ1) is 9.08. The molecule has 1 amide bonds. The predicted octanol–water partition coefficient (Wildman–Crippen LogP) is 3.19. The molecule has 0 bridgehead atoms. The molecule has 2 rings (SSSR count).